The van der Waals surface area contributed by atoms with Crippen molar-refractivity contribution in [1.82, 2.24) is 10.6 Å². The molecule has 1 unspecified atom stereocenters. The lowest BCUT2D eigenvalue weighted by molar-refractivity contribution is -0.142. The van der Waals surface area contributed by atoms with E-state index in [0.29, 0.717) is 42.9 Å². The average Bonchev–Trinajstić information content (AvgIpc) is 2.86. The molecule has 3 aliphatic carbocycles. The highest BCUT2D eigenvalue weighted by Gasteiger charge is 2.55. The van der Waals surface area contributed by atoms with Crippen LogP contribution in [0.5, 0.6) is 11.5 Å². The fourth-order valence-corrected chi connectivity index (χ4v) is 5.41. The Morgan fingerprint density at radius 2 is 1.73 bits per heavy atom. The second kappa shape index (κ2) is 11.4. The van der Waals surface area contributed by atoms with Crippen LogP contribution in [0.4, 0.5) is 4.39 Å². The first-order chi connectivity index (χ1) is 17.6. The number of nitrogens with one attached hydrogen (secondary N) is 2. The Morgan fingerprint density at radius 3 is 2.35 bits per heavy atom. The Kier molecular flexibility index (Phi) is 8.48. The number of halogens is 3. The molecule has 8 nitrogen and oxygen atoms in total. The molecule has 2 aromatic rings. The van der Waals surface area contributed by atoms with Gasteiger partial charge in [0.2, 0.25) is 0 Å². The lowest BCUT2D eigenvalue weighted by Crippen LogP contribution is -2.71. The minimum absolute atomic E-state index is 0.0421. The summed E-state index contributed by atoms with van der Waals surface area (Å²) < 4.78 is 24.6. The Balaban J connectivity index is 1.29. The van der Waals surface area contributed by atoms with E-state index in [1.165, 1.54) is 12.1 Å². The monoisotopic (exact) mass is 554 g/mol. The maximum Gasteiger partial charge on any atom is 0.320 e. The number of aliphatic hydroxyl groups excluding tert-OH is 1. The van der Waals surface area contributed by atoms with E-state index in [-0.39, 0.29) is 30.4 Å². The zero-order chi connectivity index (χ0) is 26.6. The van der Waals surface area contributed by atoms with Crippen molar-refractivity contribution in [3.63, 3.8) is 0 Å². The van der Waals surface area contributed by atoms with Crippen molar-refractivity contribution in [2.45, 2.75) is 61.7 Å². The van der Waals surface area contributed by atoms with E-state index in [4.69, 9.17) is 32.7 Å². The van der Waals surface area contributed by atoms with Crippen LogP contribution >= 0.6 is 23.2 Å². The number of carbonyl (C=O) groups excluding carboxylic acids is 1. The van der Waals surface area contributed by atoms with Crippen molar-refractivity contribution in [2.24, 2.45) is 0 Å². The summed E-state index contributed by atoms with van der Waals surface area (Å²) in [6.07, 6.45) is 1.83. The second-order valence-electron chi connectivity index (χ2n) is 9.70. The molecule has 3 saturated carbocycles. The molecule has 5 rings (SSSR count). The van der Waals surface area contributed by atoms with Crippen molar-refractivity contribution >= 4 is 35.1 Å². The fourth-order valence-electron chi connectivity index (χ4n) is 5.17. The van der Waals surface area contributed by atoms with Crippen molar-refractivity contribution in [3.8, 4) is 11.5 Å². The fraction of sp³-hybridized carbons (Fsp3) is 0.462. The highest BCUT2D eigenvalue weighted by molar-refractivity contribution is 6.30. The van der Waals surface area contributed by atoms with E-state index >= 15 is 0 Å². The molecule has 2 aromatic carbocycles. The summed E-state index contributed by atoms with van der Waals surface area (Å²) in [7, 11) is 0. The third-order valence-corrected chi connectivity index (χ3v) is 7.80. The maximum absolute atomic E-state index is 13.6. The van der Waals surface area contributed by atoms with Crippen LogP contribution in [0.2, 0.25) is 10.0 Å². The largest absolute Gasteiger partial charge is 0.494 e. The molecule has 1 amide bonds. The number of aliphatic carboxylic acids is 1. The lowest BCUT2D eigenvalue weighted by atomic mass is 9.59. The van der Waals surface area contributed by atoms with Gasteiger partial charge < -0.3 is 25.0 Å². The normalized spacial score (nSPS) is 25.4. The SMILES string of the molecule is O=C(COc1ccc(Cl)c(F)c1)NC12CCC(NC(CCOc3ccc(Cl)cc3)C(=O)O)(CC1)C[C@@H]2O. The van der Waals surface area contributed by atoms with E-state index in [1.807, 2.05) is 0 Å². The molecule has 11 heteroatoms. The summed E-state index contributed by atoms with van der Waals surface area (Å²) in [4.78, 5) is 24.5. The summed E-state index contributed by atoms with van der Waals surface area (Å²) in [5.41, 5.74) is -1.36. The van der Waals surface area contributed by atoms with Crippen LogP contribution in [-0.4, -0.2) is 58.5 Å². The van der Waals surface area contributed by atoms with Crippen LogP contribution in [0.1, 0.15) is 38.5 Å². The van der Waals surface area contributed by atoms with E-state index in [9.17, 15) is 24.2 Å². The number of fused-ring (bicyclic) bond motifs is 3. The number of aliphatic hydroxyl groups is 1. The third-order valence-electron chi connectivity index (χ3n) is 7.24. The topological polar surface area (TPSA) is 117 Å². The molecular weight excluding hydrogens is 526 g/mol. The predicted molar refractivity (Wildman–Crippen MR) is 136 cm³/mol. The number of carboxylic acid groups (broad SMARTS) is 1. The number of hydrogen-bond acceptors (Lipinski definition) is 6. The van der Waals surface area contributed by atoms with E-state index < -0.39 is 40.9 Å². The number of carbonyl (C=O) groups is 2. The third kappa shape index (κ3) is 6.65. The minimum atomic E-state index is -0.991. The molecule has 0 aromatic heterocycles. The van der Waals surface area contributed by atoms with Crippen LogP contribution in [0.3, 0.4) is 0 Å². The first kappa shape index (κ1) is 27.4. The molecular formula is C26H29Cl2FN2O6. The van der Waals surface area contributed by atoms with Gasteiger partial charge in [-0.25, -0.2) is 4.39 Å². The van der Waals surface area contributed by atoms with Gasteiger partial charge in [-0.3, -0.25) is 14.9 Å². The van der Waals surface area contributed by atoms with Crippen molar-refractivity contribution in [3.05, 3.63) is 58.3 Å². The van der Waals surface area contributed by atoms with Crippen molar-refractivity contribution in [2.75, 3.05) is 13.2 Å². The summed E-state index contributed by atoms with van der Waals surface area (Å²) >= 11 is 11.5. The molecule has 200 valence electrons. The molecule has 37 heavy (non-hydrogen) atoms. The number of carboxylic acids is 1. The van der Waals surface area contributed by atoms with Gasteiger partial charge in [0, 0.05) is 23.0 Å². The lowest BCUT2D eigenvalue weighted by Gasteiger charge is -2.57. The van der Waals surface area contributed by atoms with E-state index in [0.717, 1.165) is 6.07 Å². The molecule has 0 saturated heterocycles. The molecule has 3 fully saturated rings. The van der Waals surface area contributed by atoms with Crippen LogP contribution in [0.15, 0.2) is 42.5 Å². The number of benzene rings is 2. The number of hydrogen-bond donors (Lipinski definition) is 4. The smallest absolute Gasteiger partial charge is 0.320 e. The summed E-state index contributed by atoms with van der Waals surface area (Å²) in [6, 6.07) is 9.88. The molecule has 0 radical (unpaired) electrons. The molecule has 0 heterocycles. The quantitative estimate of drug-likeness (QED) is 0.332. The molecule has 3 aliphatic rings. The average molecular weight is 555 g/mol. The Hall–Kier alpha value is -2.59. The van der Waals surface area contributed by atoms with Crippen LogP contribution in [0, 0.1) is 5.82 Å². The molecule has 0 aliphatic heterocycles. The number of rotatable bonds is 11. The first-order valence-electron chi connectivity index (χ1n) is 12.1. The van der Waals surface area contributed by atoms with Gasteiger partial charge in [0.05, 0.1) is 23.3 Å². The van der Waals surface area contributed by atoms with Gasteiger partial charge >= 0.3 is 5.97 Å². The Morgan fingerprint density at radius 1 is 1.05 bits per heavy atom. The van der Waals surface area contributed by atoms with E-state index in [1.54, 1.807) is 24.3 Å². The summed E-state index contributed by atoms with van der Waals surface area (Å²) in [5.74, 6) is -1.30. The second-order valence-corrected chi connectivity index (χ2v) is 10.5. The Bertz CT molecular complexity index is 1120. The molecule has 2 bridgehead atoms. The highest BCUT2D eigenvalue weighted by Crippen LogP contribution is 2.47. The molecule has 0 spiro atoms. The molecule has 4 N–H and O–H groups in total. The standard InChI is InChI=1S/C26H29Cl2FN2O6/c27-16-1-3-17(4-2-16)36-12-7-21(24(34)35)30-25-8-10-26(11-9-25,22(32)14-25)31-23(33)15-37-18-5-6-19(28)20(29)13-18/h1-6,13,21-22,30,32H,7-12,14-15H2,(H,31,33)(H,34,35)/t21?,22-,25?,26?/m0/s1. The summed E-state index contributed by atoms with van der Waals surface area (Å²) in [5, 5.41) is 27.5. The maximum atomic E-state index is 13.6. The van der Waals surface area contributed by atoms with Gasteiger partial charge in [0.25, 0.3) is 5.91 Å². The zero-order valence-electron chi connectivity index (χ0n) is 20.0. The summed E-state index contributed by atoms with van der Waals surface area (Å²) in [6.45, 7) is -0.143. The number of ether oxygens (including phenoxy) is 2. The number of amides is 1. The van der Waals surface area contributed by atoms with Gasteiger partial charge in [0.15, 0.2) is 6.61 Å². The Labute approximate surface area is 224 Å². The van der Waals surface area contributed by atoms with Crippen molar-refractivity contribution in [1.29, 1.82) is 0 Å². The highest BCUT2D eigenvalue weighted by atomic mass is 35.5. The van der Waals surface area contributed by atoms with Gasteiger partial charge in [-0.15, -0.1) is 0 Å². The molecule has 2 atom stereocenters. The van der Waals surface area contributed by atoms with Crippen LogP contribution in [-0.2, 0) is 9.59 Å². The van der Waals surface area contributed by atoms with E-state index in [2.05, 4.69) is 10.6 Å². The van der Waals surface area contributed by atoms with Gasteiger partial charge in [0.1, 0.15) is 23.4 Å². The minimum Gasteiger partial charge on any atom is -0.494 e. The van der Waals surface area contributed by atoms with Crippen LogP contribution in [0.25, 0.3) is 0 Å². The van der Waals surface area contributed by atoms with Gasteiger partial charge in [-0.1, -0.05) is 23.2 Å². The first-order valence-corrected chi connectivity index (χ1v) is 12.8. The van der Waals surface area contributed by atoms with Crippen molar-refractivity contribution < 1.29 is 33.7 Å². The van der Waals surface area contributed by atoms with Crippen LogP contribution < -0.4 is 20.1 Å². The van der Waals surface area contributed by atoms with Gasteiger partial charge in [-0.2, -0.15) is 0 Å². The van der Waals surface area contributed by atoms with Gasteiger partial charge in [-0.05, 0) is 68.5 Å². The predicted octanol–water partition coefficient (Wildman–Crippen LogP) is 3.96. The zero-order valence-corrected chi connectivity index (χ0v) is 21.5.